The quantitative estimate of drug-likeness (QED) is 0.323. The molecule has 0 aliphatic carbocycles. The van der Waals surface area contributed by atoms with Crippen LogP contribution in [-0.2, 0) is 17.8 Å². The third kappa shape index (κ3) is 4.40. The Morgan fingerprint density at radius 2 is 2.00 bits per heavy atom. The van der Waals surface area contributed by atoms with Crippen LogP contribution in [0.1, 0.15) is 27.9 Å². The average molecular weight is 466 g/mol. The molecule has 0 atom stereocenters. The Balaban J connectivity index is 1.85. The maximum Gasteiger partial charge on any atom is 0.267 e. The minimum atomic E-state index is -0.462. The summed E-state index contributed by atoms with van der Waals surface area (Å²) in [7, 11) is 1.60. The molecule has 33 heavy (non-hydrogen) atoms. The molecule has 2 N–H and O–H groups in total. The number of methoxy groups -OCH3 is 1. The van der Waals surface area contributed by atoms with E-state index >= 15 is 0 Å². The fraction of sp³-hybridized carbons (Fsp3) is 0.250. The topological polar surface area (TPSA) is 101 Å². The van der Waals surface area contributed by atoms with Crippen molar-refractivity contribution in [2.75, 3.05) is 13.7 Å². The van der Waals surface area contributed by atoms with Crippen LogP contribution < -0.4 is 16.4 Å². The van der Waals surface area contributed by atoms with Crippen molar-refractivity contribution in [3.63, 3.8) is 0 Å². The molecule has 0 unspecified atom stereocenters. The van der Waals surface area contributed by atoms with E-state index in [1.165, 1.54) is 10.5 Å². The highest BCUT2D eigenvalue weighted by Crippen LogP contribution is 2.16. The van der Waals surface area contributed by atoms with Gasteiger partial charge in [0.15, 0.2) is 0 Å². The first-order valence-electron chi connectivity index (χ1n) is 10.5. The molecule has 0 saturated carbocycles. The molecule has 9 heteroatoms. The van der Waals surface area contributed by atoms with Gasteiger partial charge in [-0.2, -0.15) is 0 Å². The normalized spacial score (nSPS) is 11.2. The second-order valence-corrected chi connectivity index (χ2v) is 8.12. The number of aromatic nitrogens is 3. The van der Waals surface area contributed by atoms with Crippen molar-refractivity contribution >= 4 is 34.2 Å². The van der Waals surface area contributed by atoms with Crippen LogP contribution in [0.5, 0.6) is 0 Å². The number of ether oxygens (including phenoxy) is 1. The Hall–Kier alpha value is -3.49. The highest BCUT2D eigenvalue weighted by atomic mass is 35.5. The Labute approximate surface area is 194 Å². The van der Waals surface area contributed by atoms with E-state index < -0.39 is 5.91 Å². The predicted molar refractivity (Wildman–Crippen MR) is 127 cm³/mol. The number of halogens is 1. The van der Waals surface area contributed by atoms with Gasteiger partial charge in [0.05, 0.1) is 10.9 Å². The third-order valence-corrected chi connectivity index (χ3v) is 5.87. The van der Waals surface area contributed by atoms with Crippen molar-refractivity contribution in [2.24, 2.45) is 0 Å². The van der Waals surface area contributed by atoms with Crippen LogP contribution in [0.25, 0.3) is 16.7 Å². The first-order chi connectivity index (χ1) is 15.9. The molecule has 1 aromatic carbocycles. The maximum absolute atomic E-state index is 13.3. The Bertz CT molecular complexity index is 1480. The van der Waals surface area contributed by atoms with Crippen molar-refractivity contribution < 1.29 is 9.53 Å². The van der Waals surface area contributed by atoms with E-state index in [2.05, 4.69) is 5.32 Å². The van der Waals surface area contributed by atoms with Crippen molar-refractivity contribution in [1.29, 1.82) is 5.41 Å². The number of nitrogens with one attached hydrogen (secondary N) is 2. The summed E-state index contributed by atoms with van der Waals surface area (Å²) in [6.45, 7) is 2.93. The van der Waals surface area contributed by atoms with Crippen LogP contribution >= 0.6 is 11.6 Å². The minimum absolute atomic E-state index is 0.0138. The highest BCUT2D eigenvalue weighted by Gasteiger charge is 2.18. The van der Waals surface area contributed by atoms with Crippen LogP contribution in [0.15, 0.2) is 53.5 Å². The number of carbonyl (C=O) groups excluding carboxylic acids is 1. The lowest BCUT2D eigenvalue weighted by Gasteiger charge is -2.15. The maximum atomic E-state index is 13.3. The van der Waals surface area contributed by atoms with Gasteiger partial charge in [0.25, 0.3) is 11.5 Å². The lowest BCUT2D eigenvalue weighted by Crippen LogP contribution is -2.35. The molecular weight excluding hydrogens is 442 g/mol. The zero-order chi connectivity index (χ0) is 23.5. The number of hydrogen-bond acceptors (Lipinski definition) is 5. The number of carbonyl (C=O) groups is 1. The molecule has 3 aromatic heterocycles. The van der Waals surface area contributed by atoms with Crippen LogP contribution in [0.4, 0.5) is 0 Å². The molecule has 0 radical (unpaired) electrons. The number of fused-ring (bicyclic) bond motifs is 2. The summed E-state index contributed by atoms with van der Waals surface area (Å²) >= 11 is 6.19. The standard InChI is InChI=1S/C24H24ClN5O3/c1-15-7-5-10-30-21(15)28-22-18(24(30)32)13-17(20(26)29(22)11-6-12-33-2)23(31)27-14-16-8-3-4-9-19(16)25/h3-5,7-10,13,26H,6,11-12,14H2,1-2H3,(H,27,31). The van der Waals surface area contributed by atoms with E-state index in [0.29, 0.717) is 35.9 Å². The largest absolute Gasteiger partial charge is 0.385 e. The minimum Gasteiger partial charge on any atom is -0.385 e. The molecule has 0 saturated heterocycles. The summed E-state index contributed by atoms with van der Waals surface area (Å²) in [5.74, 6) is -0.462. The number of hydrogen-bond donors (Lipinski definition) is 2. The van der Waals surface area contributed by atoms with E-state index in [4.69, 9.17) is 26.7 Å². The number of amides is 1. The van der Waals surface area contributed by atoms with Crippen LogP contribution in [-0.4, -0.2) is 33.6 Å². The van der Waals surface area contributed by atoms with Crippen LogP contribution in [0.2, 0.25) is 5.02 Å². The molecule has 0 fully saturated rings. The van der Waals surface area contributed by atoms with Gasteiger partial charge in [0.2, 0.25) is 0 Å². The van der Waals surface area contributed by atoms with Gasteiger partial charge in [-0.15, -0.1) is 0 Å². The van der Waals surface area contributed by atoms with E-state index in [0.717, 1.165) is 11.1 Å². The molecular formula is C24H24ClN5O3. The molecule has 0 aliphatic heterocycles. The fourth-order valence-corrected chi connectivity index (χ4v) is 3.97. The second-order valence-electron chi connectivity index (χ2n) is 7.72. The van der Waals surface area contributed by atoms with Crippen molar-refractivity contribution in [1.82, 2.24) is 19.3 Å². The molecule has 3 heterocycles. The molecule has 8 nitrogen and oxygen atoms in total. The van der Waals surface area contributed by atoms with Gasteiger partial charge in [-0.3, -0.25) is 19.4 Å². The number of rotatable bonds is 7. The number of aryl methyl sites for hydroxylation is 2. The van der Waals surface area contributed by atoms with Gasteiger partial charge in [-0.05, 0) is 42.7 Å². The number of benzene rings is 1. The molecule has 0 spiro atoms. The van der Waals surface area contributed by atoms with Gasteiger partial charge in [-0.25, -0.2) is 4.98 Å². The summed E-state index contributed by atoms with van der Waals surface area (Å²) in [4.78, 5) is 31.1. The first kappa shape index (κ1) is 22.7. The molecule has 170 valence electrons. The Morgan fingerprint density at radius 1 is 1.21 bits per heavy atom. The highest BCUT2D eigenvalue weighted by molar-refractivity contribution is 6.31. The molecule has 0 aliphatic rings. The summed E-state index contributed by atoms with van der Waals surface area (Å²) in [5.41, 5.74) is 2.28. The van der Waals surface area contributed by atoms with Gasteiger partial charge < -0.3 is 14.6 Å². The zero-order valence-electron chi connectivity index (χ0n) is 18.4. The van der Waals surface area contributed by atoms with Gasteiger partial charge >= 0.3 is 0 Å². The predicted octanol–water partition coefficient (Wildman–Crippen LogP) is 3.06. The van der Waals surface area contributed by atoms with Gasteiger partial charge in [0, 0.05) is 38.0 Å². The summed E-state index contributed by atoms with van der Waals surface area (Å²) in [6.07, 6.45) is 2.25. The summed E-state index contributed by atoms with van der Waals surface area (Å²) in [6, 6.07) is 12.3. The van der Waals surface area contributed by atoms with Gasteiger partial charge in [0.1, 0.15) is 16.8 Å². The smallest absolute Gasteiger partial charge is 0.267 e. The third-order valence-electron chi connectivity index (χ3n) is 5.51. The van der Waals surface area contributed by atoms with Crippen molar-refractivity contribution in [3.8, 4) is 0 Å². The van der Waals surface area contributed by atoms with E-state index in [9.17, 15) is 9.59 Å². The average Bonchev–Trinajstić information content (AvgIpc) is 2.80. The zero-order valence-corrected chi connectivity index (χ0v) is 19.1. The van der Waals surface area contributed by atoms with Crippen molar-refractivity contribution in [2.45, 2.75) is 26.4 Å². The molecule has 1 amide bonds. The second kappa shape index (κ2) is 9.56. The van der Waals surface area contributed by atoms with E-state index in [-0.39, 0.29) is 28.5 Å². The first-order valence-corrected chi connectivity index (χ1v) is 10.9. The summed E-state index contributed by atoms with van der Waals surface area (Å²) < 4.78 is 8.22. The lowest BCUT2D eigenvalue weighted by atomic mass is 10.1. The molecule has 0 bridgehead atoms. The van der Waals surface area contributed by atoms with Crippen LogP contribution in [0, 0.1) is 12.3 Å². The van der Waals surface area contributed by atoms with E-state index in [1.807, 2.05) is 31.2 Å². The lowest BCUT2D eigenvalue weighted by molar-refractivity contribution is 0.0948. The molecule has 4 aromatic rings. The number of pyridine rings is 2. The van der Waals surface area contributed by atoms with E-state index in [1.54, 1.807) is 30.0 Å². The monoisotopic (exact) mass is 465 g/mol. The van der Waals surface area contributed by atoms with Gasteiger partial charge in [-0.1, -0.05) is 35.9 Å². The SMILES string of the molecule is COCCCn1c(=N)c(C(=O)NCc2ccccc2Cl)cc2c(=O)n3cccc(C)c3nc21. The Kier molecular flexibility index (Phi) is 6.57. The van der Waals surface area contributed by atoms with Crippen LogP contribution in [0.3, 0.4) is 0 Å². The Morgan fingerprint density at radius 3 is 2.76 bits per heavy atom. The fourth-order valence-electron chi connectivity index (χ4n) is 3.77. The summed E-state index contributed by atoms with van der Waals surface area (Å²) in [5, 5.41) is 12.4. The van der Waals surface area contributed by atoms with Crippen molar-refractivity contribution in [3.05, 3.63) is 86.2 Å². The number of nitrogens with zero attached hydrogens (tertiary/aromatic N) is 3. The molecule has 4 rings (SSSR count).